The summed E-state index contributed by atoms with van der Waals surface area (Å²) in [4.78, 5) is 12.4. The summed E-state index contributed by atoms with van der Waals surface area (Å²) < 4.78 is 38.6. The maximum absolute atomic E-state index is 12.9. The second kappa shape index (κ2) is 6.94. The van der Waals surface area contributed by atoms with Gasteiger partial charge in [-0.2, -0.15) is 13.2 Å². The number of amides is 1. The van der Waals surface area contributed by atoms with Crippen molar-refractivity contribution in [2.45, 2.75) is 51.5 Å². The van der Waals surface area contributed by atoms with Gasteiger partial charge in [-0.25, -0.2) is 0 Å². The summed E-state index contributed by atoms with van der Waals surface area (Å²) in [6.07, 6.45) is -4.25. The number of carbonyl (C=O) groups is 1. The Balaban J connectivity index is 4.67. The van der Waals surface area contributed by atoms with E-state index in [9.17, 15) is 18.0 Å². The van der Waals surface area contributed by atoms with Crippen LogP contribution in [0.15, 0.2) is 0 Å². The van der Waals surface area contributed by atoms with E-state index in [1.165, 1.54) is 7.05 Å². The number of halogens is 3. The van der Waals surface area contributed by atoms with Crippen LogP contribution in [-0.2, 0) is 4.79 Å². The first-order chi connectivity index (χ1) is 8.09. The van der Waals surface area contributed by atoms with Crippen molar-refractivity contribution in [2.75, 3.05) is 13.6 Å². The van der Waals surface area contributed by atoms with Gasteiger partial charge in [-0.1, -0.05) is 6.92 Å². The van der Waals surface area contributed by atoms with E-state index in [1.807, 2.05) is 0 Å². The molecule has 0 radical (unpaired) electrons. The van der Waals surface area contributed by atoms with Gasteiger partial charge in [0.1, 0.15) is 6.04 Å². The minimum Gasteiger partial charge on any atom is -0.353 e. The van der Waals surface area contributed by atoms with E-state index in [1.54, 1.807) is 20.8 Å². The van der Waals surface area contributed by atoms with Crippen LogP contribution in [0.5, 0.6) is 0 Å². The summed E-state index contributed by atoms with van der Waals surface area (Å²) in [7, 11) is 1.26. The van der Waals surface area contributed by atoms with E-state index in [-0.39, 0.29) is 19.0 Å². The van der Waals surface area contributed by atoms with Gasteiger partial charge in [0.25, 0.3) is 0 Å². The highest BCUT2D eigenvalue weighted by atomic mass is 19.4. The van der Waals surface area contributed by atoms with Crippen molar-refractivity contribution in [2.24, 2.45) is 5.73 Å². The molecule has 0 aromatic heterocycles. The van der Waals surface area contributed by atoms with Crippen LogP contribution in [-0.4, -0.2) is 48.7 Å². The standard InChI is InChI=1S/C11H22F3N3O/c1-5-8(15)10(11(12,13)14)17(4)6-9(18)16-7(2)3/h7-8,10H,5-6,15H2,1-4H3,(H,16,18). The van der Waals surface area contributed by atoms with Crippen molar-refractivity contribution in [3.8, 4) is 0 Å². The van der Waals surface area contributed by atoms with Crippen LogP contribution in [0, 0.1) is 0 Å². The third kappa shape index (κ3) is 5.68. The molecule has 3 N–H and O–H groups in total. The molecule has 0 aliphatic carbocycles. The van der Waals surface area contributed by atoms with Crippen molar-refractivity contribution in [1.29, 1.82) is 0 Å². The quantitative estimate of drug-likeness (QED) is 0.759. The zero-order valence-corrected chi connectivity index (χ0v) is 11.2. The Morgan fingerprint density at radius 3 is 2.22 bits per heavy atom. The second-order valence-electron chi connectivity index (χ2n) is 4.70. The van der Waals surface area contributed by atoms with Crippen molar-refractivity contribution < 1.29 is 18.0 Å². The van der Waals surface area contributed by atoms with Crippen LogP contribution in [0.2, 0.25) is 0 Å². The molecule has 0 heterocycles. The lowest BCUT2D eigenvalue weighted by atomic mass is 10.0. The first-order valence-corrected chi connectivity index (χ1v) is 5.91. The average Bonchev–Trinajstić information content (AvgIpc) is 2.13. The highest BCUT2D eigenvalue weighted by Crippen LogP contribution is 2.26. The van der Waals surface area contributed by atoms with E-state index >= 15 is 0 Å². The molecule has 7 heteroatoms. The molecule has 0 aromatic rings. The van der Waals surface area contributed by atoms with Crippen LogP contribution in [0.25, 0.3) is 0 Å². The van der Waals surface area contributed by atoms with E-state index in [0.717, 1.165) is 4.90 Å². The smallest absolute Gasteiger partial charge is 0.353 e. The van der Waals surface area contributed by atoms with Crippen LogP contribution < -0.4 is 11.1 Å². The molecule has 0 saturated heterocycles. The number of alkyl halides is 3. The highest BCUT2D eigenvalue weighted by molar-refractivity contribution is 5.78. The summed E-state index contributed by atoms with van der Waals surface area (Å²) in [6.45, 7) is 4.76. The first-order valence-electron chi connectivity index (χ1n) is 5.91. The number of hydrogen-bond acceptors (Lipinski definition) is 3. The van der Waals surface area contributed by atoms with E-state index < -0.39 is 24.2 Å². The lowest BCUT2D eigenvalue weighted by Gasteiger charge is -2.33. The molecular formula is C11H22F3N3O. The maximum atomic E-state index is 12.9. The summed E-state index contributed by atoms with van der Waals surface area (Å²) in [6, 6.07) is -2.95. The Hall–Kier alpha value is -0.820. The van der Waals surface area contributed by atoms with Gasteiger partial charge in [-0.3, -0.25) is 9.69 Å². The second-order valence-corrected chi connectivity index (χ2v) is 4.70. The normalized spacial score (nSPS) is 15.9. The lowest BCUT2D eigenvalue weighted by molar-refractivity contribution is -0.186. The zero-order valence-electron chi connectivity index (χ0n) is 11.2. The van der Waals surface area contributed by atoms with Crippen molar-refractivity contribution >= 4 is 5.91 Å². The molecule has 0 saturated carbocycles. The minimum atomic E-state index is -4.44. The topological polar surface area (TPSA) is 58.4 Å². The summed E-state index contributed by atoms with van der Waals surface area (Å²) in [5.41, 5.74) is 5.49. The van der Waals surface area contributed by atoms with Crippen LogP contribution >= 0.6 is 0 Å². The zero-order chi connectivity index (χ0) is 14.5. The first kappa shape index (κ1) is 17.2. The number of rotatable bonds is 6. The molecular weight excluding hydrogens is 247 g/mol. The average molecular weight is 269 g/mol. The van der Waals surface area contributed by atoms with Crippen molar-refractivity contribution in [3.63, 3.8) is 0 Å². The Bertz CT molecular complexity index is 269. The fourth-order valence-electron chi connectivity index (χ4n) is 1.74. The van der Waals surface area contributed by atoms with Gasteiger partial charge in [-0.15, -0.1) is 0 Å². The molecule has 0 rings (SSSR count). The molecule has 0 aromatic carbocycles. The summed E-state index contributed by atoms with van der Waals surface area (Å²) in [5, 5.41) is 2.55. The van der Waals surface area contributed by atoms with Gasteiger partial charge in [0.2, 0.25) is 5.91 Å². The summed E-state index contributed by atoms with van der Waals surface area (Å²) >= 11 is 0. The fourth-order valence-corrected chi connectivity index (χ4v) is 1.74. The Morgan fingerprint density at radius 2 is 1.89 bits per heavy atom. The van der Waals surface area contributed by atoms with Crippen molar-refractivity contribution in [3.05, 3.63) is 0 Å². The van der Waals surface area contributed by atoms with Gasteiger partial charge in [-0.05, 0) is 27.3 Å². The van der Waals surface area contributed by atoms with Gasteiger partial charge in [0.15, 0.2) is 0 Å². The van der Waals surface area contributed by atoms with Gasteiger partial charge in [0.05, 0.1) is 6.54 Å². The van der Waals surface area contributed by atoms with Gasteiger partial charge in [0, 0.05) is 12.1 Å². The lowest BCUT2D eigenvalue weighted by Crippen LogP contribution is -2.56. The molecule has 0 fully saturated rings. The van der Waals surface area contributed by atoms with Gasteiger partial charge < -0.3 is 11.1 Å². The highest BCUT2D eigenvalue weighted by Gasteiger charge is 2.45. The molecule has 2 unspecified atom stereocenters. The molecule has 4 nitrogen and oxygen atoms in total. The molecule has 0 spiro atoms. The largest absolute Gasteiger partial charge is 0.405 e. The van der Waals surface area contributed by atoms with E-state index in [4.69, 9.17) is 5.73 Å². The van der Waals surface area contributed by atoms with Gasteiger partial charge >= 0.3 is 6.18 Å². The Labute approximate surface area is 106 Å². The predicted molar refractivity (Wildman–Crippen MR) is 64.0 cm³/mol. The van der Waals surface area contributed by atoms with Crippen LogP contribution in [0.3, 0.4) is 0 Å². The number of nitrogens with zero attached hydrogens (tertiary/aromatic N) is 1. The van der Waals surface area contributed by atoms with Crippen LogP contribution in [0.1, 0.15) is 27.2 Å². The maximum Gasteiger partial charge on any atom is 0.405 e. The minimum absolute atomic E-state index is 0.102. The number of hydrogen-bond donors (Lipinski definition) is 2. The third-order valence-electron chi connectivity index (χ3n) is 2.53. The molecule has 0 bridgehead atoms. The molecule has 18 heavy (non-hydrogen) atoms. The molecule has 0 aliphatic heterocycles. The van der Waals surface area contributed by atoms with E-state index in [0.29, 0.717) is 0 Å². The monoisotopic (exact) mass is 269 g/mol. The third-order valence-corrected chi connectivity index (χ3v) is 2.53. The van der Waals surface area contributed by atoms with Crippen molar-refractivity contribution in [1.82, 2.24) is 10.2 Å². The number of likely N-dealkylation sites (N-methyl/N-ethyl adjacent to an activating group) is 1. The van der Waals surface area contributed by atoms with E-state index in [2.05, 4.69) is 5.32 Å². The molecule has 1 amide bonds. The molecule has 2 atom stereocenters. The number of nitrogens with two attached hydrogens (primary N) is 1. The molecule has 108 valence electrons. The molecule has 0 aliphatic rings. The number of carbonyl (C=O) groups excluding carboxylic acids is 1. The fraction of sp³-hybridized carbons (Fsp3) is 0.909. The Morgan fingerprint density at radius 1 is 1.39 bits per heavy atom. The summed E-state index contributed by atoms with van der Waals surface area (Å²) in [5.74, 6) is -0.440. The van der Waals surface area contributed by atoms with Crippen LogP contribution in [0.4, 0.5) is 13.2 Å². The SMILES string of the molecule is CCC(N)C(N(C)CC(=O)NC(C)C)C(F)(F)F. The predicted octanol–water partition coefficient (Wildman–Crippen LogP) is 1.11. The Kier molecular flexibility index (Phi) is 6.62. The number of nitrogens with one attached hydrogen (secondary N) is 1.